The van der Waals surface area contributed by atoms with Gasteiger partial charge in [0.25, 0.3) is 0 Å². The van der Waals surface area contributed by atoms with Crippen molar-refractivity contribution < 1.29 is 9.53 Å². The summed E-state index contributed by atoms with van der Waals surface area (Å²) in [5.74, 6) is 0.655. The number of nitrogens with one attached hydrogen (secondary N) is 1. The van der Waals surface area contributed by atoms with Gasteiger partial charge in [-0.05, 0) is 32.0 Å². The van der Waals surface area contributed by atoms with E-state index in [1.807, 2.05) is 25.1 Å². The van der Waals surface area contributed by atoms with Crippen LogP contribution in [0.2, 0.25) is 0 Å². The molecule has 2 aromatic heterocycles. The molecular weight excluding hydrogens is 366 g/mol. The van der Waals surface area contributed by atoms with Gasteiger partial charge >= 0.3 is 0 Å². The zero-order chi connectivity index (χ0) is 17.1. The van der Waals surface area contributed by atoms with Gasteiger partial charge in [0, 0.05) is 0 Å². The number of ether oxygens (including phenoxy) is 1. The maximum atomic E-state index is 12.3. The molecule has 1 amide bonds. The maximum Gasteiger partial charge on any atom is 0.239 e. The standard InChI is InChI=1S/C14H15N5O2S3/c1-3-21-8-4-5-9-10(6-8)23-13(16-9)17-11(20)7(2)22-14-19-18-12(15)24-14/h4-7H,3H2,1-2H3,(H2,15,18)(H,16,17,20). The lowest BCUT2D eigenvalue weighted by Crippen LogP contribution is -2.22. The predicted molar refractivity (Wildman–Crippen MR) is 99.1 cm³/mol. The van der Waals surface area contributed by atoms with Crippen LogP contribution in [0.3, 0.4) is 0 Å². The zero-order valence-corrected chi connectivity index (χ0v) is 15.4. The largest absolute Gasteiger partial charge is 0.494 e. The van der Waals surface area contributed by atoms with E-state index in [9.17, 15) is 4.79 Å². The maximum absolute atomic E-state index is 12.3. The number of nitrogens with two attached hydrogens (primary N) is 1. The Morgan fingerprint density at radius 1 is 1.42 bits per heavy atom. The minimum atomic E-state index is -0.330. The first-order valence-electron chi connectivity index (χ1n) is 7.15. The third kappa shape index (κ3) is 3.94. The molecule has 126 valence electrons. The van der Waals surface area contributed by atoms with Gasteiger partial charge in [0.2, 0.25) is 11.0 Å². The number of nitrogen functional groups attached to an aromatic ring is 1. The molecule has 0 aliphatic heterocycles. The lowest BCUT2D eigenvalue weighted by Gasteiger charge is -2.07. The molecule has 10 heteroatoms. The van der Waals surface area contributed by atoms with Gasteiger partial charge in [-0.25, -0.2) is 4.98 Å². The van der Waals surface area contributed by atoms with Crippen LogP contribution in [0.25, 0.3) is 10.2 Å². The molecule has 0 spiro atoms. The van der Waals surface area contributed by atoms with Crippen LogP contribution in [0.1, 0.15) is 13.8 Å². The SMILES string of the molecule is CCOc1ccc2nc(NC(=O)C(C)Sc3nnc(N)s3)sc2c1. The molecule has 1 atom stereocenters. The molecule has 0 radical (unpaired) electrons. The van der Waals surface area contributed by atoms with Crippen LogP contribution in [-0.4, -0.2) is 32.9 Å². The highest BCUT2D eigenvalue weighted by Gasteiger charge is 2.18. The minimum absolute atomic E-state index is 0.141. The van der Waals surface area contributed by atoms with Crippen molar-refractivity contribution in [3.8, 4) is 5.75 Å². The molecule has 3 rings (SSSR count). The Hall–Kier alpha value is -1.91. The van der Waals surface area contributed by atoms with Crippen molar-refractivity contribution in [2.24, 2.45) is 0 Å². The van der Waals surface area contributed by atoms with Crippen molar-refractivity contribution in [3.05, 3.63) is 18.2 Å². The second-order valence-corrected chi connectivity index (χ2v) is 8.36. The molecule has 3 N–H and O–H groups in total. The van der Waals surface area contributed by atoms with Gasteiger partial charge in [-0.3, -0.25) is 4.79 Å². The smallest absolute Gasteiger partial charge is 0.239 e. The van der Waals surface area contributed by atoms with Crippen LogP contribution in [0.15, 0.2) is 22.5 Å². The molecule has 0 fully saturated rings. The van der Waals surface area contributed by atoms with E-state index in [1.54, 1.807) is 6.92 Å². The van der Waals surface area contributed by atoms with Gasteiger partial charge in [-0.2, -0.15) is 0 Å². The first kappa shape index (κ1) is 16.9. The van der Waals surface area contributed by atoms with Gasteiger partial charge in [0.05, 0.1) is 22.1 Å². The summed E-state index contributed by atoms with van der Waals surface area (Å²) in [5.41, 5.74) is 6.37. The van der Waals surface area contributed by atoms with Crippen molar-refractivity contribution in [1.82, 2.24) is 15.2 Å². The molecule has 2 heterocycles. The van der Waals surface area contributed by atoms with Crippen LogP contribution < -0.4 is 15.8 Å². The van der Waals surface area contributed by atoms with E-state index < -0.39 is 0 Å². The molecule has 0 aliphatic rings. The Bertz CT molecular complexity index is 863. The summed E-state index contributed by atoms with van der Waals surface area (Å²) in [4.78, 5) is 16.7. The number of benzene rings is 1. The van der Waals surface area contributed by atoms with Crippen molar-refractivity contribution >= 4 is 60.8 Å². The number of hydrogen-bond acceptors (Lipinski definition) is 9. The van der Waals surface area contributed by atoms with Gasteiger partial charge in [0.1, 0.15) is 5.75 Å². The third-order valence-electron chi connectivity index (χ3n) is 2.97. The molecule has 3 aromatic rings. The van der Waals surface area contributed by atoms with Crippen molar-refractivity contribution in [3.63, 3.8) is 0 Å². The van der Waals surface area contributed by atoms with Crippen molar-refractivity contribution in [1.29, 1.82) is 0 Å². The van der Waals surface area contributed by atoms with Crippen LogP contribution in [0, 0.1) is 0 Å². The highest BCUT2D eigenvalue weighted by molar-refractivity contribution is 8.02. The van der Waals surface area contributed by atoms with E-state index in [0.717, 1.165) is 16.0 Å². The summed E-state index contributed by atoms with van der Waals surface area (Å²) in [5, 5.41) is 11.1. The zero-order valence-electron chi connectivity index (χ0n) is 13.0. The second-order valence-electron chi connectivity index (χ2n) is 4.74. The number of rotatable bonds is 6. The number of hydrogen-bond donors (Lipinski definition) is 2. The second kappa shape index (κ2) is 7.32. The molecule has 1 unspecified atom stereocenters. The molecule has 7 nitrogen and oxygen atoms in total. The van der Waals surface area contributed by atoms with Crippen LogP contribution >= 0.6 is 34.4 Å². The predicted octanol–water partition coefficient (Wildman–Crippen LogP) is 3.25. The number of carbonyl (C=O) groups is 1. The highest BCUT2D eigenvalue weighted by atomic mass is 32.2. The van der Waals surface area contributed by atoms with E-state index in [-0.39, 0.29) is 11.2 Å². The number of thioether (sulfide) groups is 1. The Balaban J connectivity index is 1.68. The fourth-order valence-corrected chi connectivity index (χ4v) is 4.57. The number of aromatic nitrogens is 3. The average Bonchev–Trinajstić information content (AvgIpc) is 3.12. The van der Waals surface area contributed by atoms with Crippen LogP contribution in [0.5, 0.6) is 5.75 Å². The van der Waals surface area contributed by atoms with Crippen molar-refractivity contribution in [2.75, 3.05) is 17.7 Å². The summed E-state index contributed by atoms with van der Waals surface area (Å²) in [6, 6.07) is 5.68. The fraction of sp³-hybridized carbons (Fsp3) is 0.286. The topological polar surface area (TPSA) is 103 Å². The summed E-state index contributed by atoms with van der Waals surface area (Å²) < 4.78 is 7.11. The number of carbonyl (C=O) groups excluding carboxylic acids is 1. The number of thiazole rings is 1. The number of nitrogens with zero attached hydrogens (tertiary/aromatic N) is 3. The van der Waals surface area contributed by atoms with E-state index in [2.05, 4.69) is 20.5 Å². The molecule has 0 saturated heterocycles. The summed E-state index contributed by atoms with van der Waals surface area (Å²) in [7, 11) is 0. The van der Waals surface area contributed by atoms with E-state index >= 15 is 0 Å². The Morgan fingerprint density at radius 2 is 2.25 bits per heavy atom. The van der Waals surface area contributed by atoms with E-state index in [1.165, 1.54) is 34.4 Å². The van der Waals surface area contributed by atoms with Gasteiger partial charge in [-0.15, -0.1) is 10.2 Å². The first-order valence-corrected chi connectivity index (χ1v) is 9.66. The van der Waals surface area contributed by atoms with Gasteiger partial charge < -0.3 is 15.8 Å². The Morgan fingerprint density at radius 3 is 2.96 bits per heavy atom. The summed E-state index contributed by atoms with van der Waals surface area (Å²) in [6.45, 7) is 4.35. The van der Waals surface area contributed by atoms with Crippen LogP contribution in [0.4, 0.5) is 10.3 Å². The van der Waals surface area contributed by atoms with Gasteiger partial charge in [-0.1, -0.05) is 34.4 Å². The number of amides is 1. The minimum Gasteiger partial charge on any atom is -0.494 e. The summed E-state index contributed by atoms with van der Waals surface area (Å²) in [6.07, 6.45) is 0. The normalized spacial score (nSPS) is 12.2. The number of anilines is 2. The van der Waals surface area contributed by atoms with Crippen LogP contribution in [-0.2, 0) is 4.79 Å². The fourth-order valence-electron chi connectivity index (χ4n) is 1.89. The molecule has 0 saturated carbocycles. The Labute approximate surface area is 150 Å². The molecule has 1 aromatic carbocycles. The number of fused-ring (bicyclic) bond motifs is 1. The van der Waals surface area contributed by atoms with Crippen molar-refractivity contribution in [2.45, 2.75) is 23.4 Å². The monoisotopic (exact) mass is 381 g/mol. The molecule has 0 aliphatic carbocycles. The van der Waals surface area contributed by atoms with E-state index in [4.69, 9.17) is 10.5 Å². The van der Waals surface area contributed by atoms with E-state index in [0.29, 0.717) is 21.2 Å². The van der Waals surface area contributed by atoms with Gasteiger partial charge in [0.15, 0.2) is 9.47 Å². The lowest BCUT2D eigenvalue weighted by atomic mass is 10.3. The first-order chi connectivity index (χ1) is 11.5. The third-order valence-corrected chi connectivity index (χ3v) is 5.84. The molecule has 0 bridgehead atoms. The highest BCUT2D eigenvalue weighted by Crippen LogP contribution is 2.31. The average molecular weight is 382 g/mol. The quantitative estimate of drug-likeness (QED) is 0.632. The lowest BCUT2D eigenvalue weighted by molar-refractivity contribution is -0.115. The summed E-state index contributed by atoms with van der Waals surface area (Å²) >= 11 is 3.99. The molecular formula is C14H15N5O2S3. The molecule has 24 heavy (non-hydrogen) atoms. The Kier molecular flexibility index (Phi) is 5.17.